The predicted octanol–water partition coefficient (Wildman–Crippen LogP) is 3.01. The number of hydrogen-bond acceptors (Lipinski definition) is 3. The number of Topliss-reactive ketones (excluding diaryl/α,β-unsaturated/α-hetero) is 1. The Balaban J connectivity index is 0. The van der Waals surface area contributed by atoms with Gasteiger partial charge in [0.25, 0.3) is 0 Å². The van der Waals surface area contributed by atoms with Crippen molar-refractivity contribution in [3.8, 4) is 0 Å². The zero-order valence-electron chi connectivity index (χ0n) is 9.68. The van der Waals surface area contributed by atoms with Crippen molar-refractivity contribution in [2.24, 2.45) is 0 Å². The molecule has 0 unspecified atom stereocenters. The van der Waals surface area contributed by atoms with Crippen LogP contribution in [-0.2, 0) is 14.4 Å². The van der Waals surface area contributed by atoms with Crippen molar-refractivity contribution < 1.29 is 40.7 Å². The van der Waals surface area contributed by atoms with Crippen LogP contribution in [0, 0.1) is 0 Å². The van der Waals surface area contributed by atoms with Crippen LogP contribution in [-0.4, -0.2) is 30.7 Å². The number of hydrogen-bond donors (Lipinski definition) is 0. The number of alkyl halides is 6. The van der Waals surface area contributed by atoms with Gasteiger partial charge in [0.2, 0.25) is 0 Å². The molecule has 0 radical (unpaired) electrons. The molecule has 0 heterocycles. The normalized spacial score (nSPS) is 11.3. The van der Waals surface area contributed by atoms with E-state index < -0.39 is 18.1 Å². The minimum Gasteiger partial charge on any atom is -0.303 e. The van der Waals surface area contributed by atoms with Gasteiger partial charge in [0.15, 0.2) is 0 Å². The van der Waals surface area contributed by atoms with Crippen molar-refractivity contribution in [2.45, 2.75) is 44.5 Å². The van der Waals surface area contributed by atoms with E-state index in [-0.39, 0.29) is 0 Å². The third kappa shape index (κ3) is 12.8. The Labute approximate surface area is 105 Å². The van der Waals surface area contributed by atoms with Crippen LogP contribution in [0.5, 0.6) is 0 Å². The van der Waals surface area contributed by atoms with Crippen molar-refractivity contribution in [3.05, 3.63) is 0 Å². The summed E-state index contributed by atoms with van der Waals surface area (Å²) in [6, 6.07) is 0. The molecule has 0 aliphatic carbocycles. The number of carbonyl (C=O) groups excluding carboxylic acids is 3. The second kappa shape index (κ2) is 9.51. The maximum absolute atomic E-state index is 10.9. The van der Waals surface area contributed by atoms with Gasteiger partial charge in [-0.25, -0.2) is 0 Å². The summed E-state index contributed by atoms with van der Waals surface area (Å²) in [5.41, 5.74) is 0. The van der Waals surface area contributed by atoms with Gasteiger partial charge in [-0.2, -0.15) is 26.3 Å². The fraction of sp³-hybridized carbons (Fsp3) is 0.700. The van der Waals surface area contributed by atoms with Gasteiger partial charge in [0.05, 0.1) is 0 Å². The number of rotatable bonds is 6. The van der Waals surface area contributed by atoms with Crippen molar-refractivity contribution in [1.82, 2.24) is 0 Å². The average Bonchev–Trinajstić information content (AvgIpc) is 2.26. The van der Waals surface area contributed by atoms with Gasteiger partial charge in [0, 0.05) is 12.8 Å². The lowest BCUT2D eigenvalue weighted by atomic mass is 10.2. The van der Waals surface area contributed by atoms with E-state index in [2.05, 4.69) is 0 Å². The molecule has 9 heteroatoms. The van der Waals surface area contributed by atoms with Gasteiger partial charge < -0.3 is 9.59 Å². The first kappa shape index (κ1) is 19.9. The first-order valence-corrected chi connectivity index (χ1v) is 5.13. The minimum atomic E-state index is -5.82. The van der Waals surface area contributed by atoms with Crippen LogP contribution in [0.4, 0.5) is 26.3 Å². The number of ketones is 1. The largest absolute Gasteiger partial charge is 0.459 e. The molecule has 0 atom stereocenters. The topological polar surface area (TPSA) is 51.2 Å². The predicted molar refractivity (Wildman–Crippen MR) is 52.3 cm³/mol. The van der Waals surface area contributed by atoms with Crippen LogP contribution in [0.1, 0.15) is 32.1 Å². The molecule has 0 spiro atoms. The molecule has 0 saturated heterocycles. The lowest BCUT2D eigenvalue weighted by Gasteiger charge is -2.06. The van der Waals surface area contributed by atoms with E-state index in [1.807, 2.05) is 0 Å². The molecule has 0 rings (SSSR count). The molecule has 0 aromatic carbocycles. The average molecular weight is 294 g/mol. The molecule has 112 valence electrons. The smallest absolute Gasteiger partial charge is 0.303 e. The van der Waals surface area contributed by atoms with E-state index >= 15 is 0 Å². The standard InChI is InChI=1S/C7H12O2.C3F6O/c8-6-4-2-1-3-5-7-9;4-2(5,6)1(10)3(7,8)9/h6-7H,1-5H2;. The summed E-state index contributed by atoms with van der Waals surface area (Å²) >= 11 is 0. The van der Waals surface area contributed by atoms with E-state index in [1.165, 1.54) is 0 Å². The summed E-state index contributed by atoms with van der Waals surface area (Å²) in [7, 11) is 0. The highest BCUT2D eigenvalue weighted by Crippen LogP contribution is 2.28. The quantitative estimate of drug-likeness (QED) is 0.430. The van der Waals surface area contributed by atoms with Gasteiger partial charge in [-0.3, -0.25) is 4.79 Å². The van der Waals surface area contributed by atoms with Gasteiger partial charge in [-0.05, 0) is 12.8 Å². The highest BCUT2D eigenvalue weighted by Gasteiger charge is 2.55. The molecule has 0 aliphatic rings. The molecule has 0 aromatic rings. The molecule has 0 aromatic heterocycles. The van der Waals surface area contributed by atoms with Crippen LogP contribution in [0.2, 0.25) is 0 Å². The summed E-state index contributed by atoms with van der Waals surface area (Å²) in [6.45, 7) is 0. The zero-order chi connectivity index (χ0) is 15.5. The van der Waals surface area contributed by atoms with E-state index in [0.29, 0.717) is 12.8 Å². The van der Waals surface area contributed by atoms with Crippen LogP contribution in [0.25, 0.3) is 0 Å². The van der Waals surface area contributed by atoms with Crippen molar-refractivity contribution in [1.29, 1.82) is 0 Å². The van der Waals surface area contributed by atoms with E-state index in [0.717, 1.165) is 31.8 Å². The van der Waals surface area contributed by atoms with Gasteiger partial charge in [-0.1, -0.05) is 6.42 Å². The summed E-state index contributed by atoms with van der Waals surface area (Å²) < 4.78 is 65.3. The maximum atomic E-state index is 10.9. The molecule has 0 fully saturated rings. The zero-order valence-corrected chi connectivity index (χ0v) is 9.68. The fourth-order valence-electron chi connectivity index (χ4n) is 0.793. The monoisotopic (exact) mass is 294 g/mol. The fourth-order valence-corrected chi connectivity index (χ4v) is 0.793. The Morgan fingerprint density at radius 3 is 1.21 bits per heavy atom. The Morgan fingerprint density at radius 1 is 0.737 bits per heavy atom. The minimum absolute atomic E-state index is 0.638. The highest BCUT2D eigenvalue weighted by atomic mass is 19.4. The number of aldehydes is 2. The highest BCUT2D eigenvalue weighted by molar-refractivity contribution is 5.89. The van der Waals surface area contributed by atoms with Gasteiger partial charge in [-0.15, -0.1) is 0 Å². The van der Waals surface area contributed by atoms with Crippen LogP contribution < -0.4 is 0 Å². The van der Waals surface area contributed by atoms with Crippen LogP contribution in [0.3, 0.4) is 0 Å². The SMILES string of the molecule is O=C(C(F)(F)F)C(F)(F)F.O=CCCCCCC=O. The van der Waals surface area contributed by atoms with Crippen molar-refractivity contribution in [2.75, 3.05) is 0 Å². The summed E-state index contributed by atoms with van der Waals surface area (Å²) in [5, 5.41) is 0. The van der Waals surface area contributed by atoms with E-state index in [9.17, 15) is 40.7 Å². The Hall–Kier alpha value is -1.41. The van der Waals surface area contributed by atoms with Gasteiger partial charge in [0.1, 0.15) is 12.6 Å². The molecular formula is C10H12F6O3. The van der Waals surface area contributed by atoms with Crippen LogP contribution >= 0.6 is 0 Å². The Morgan fingerprint density at radius 2 is 1.05 bits per heavy atom. The molecule has 3 nitrogen and oxygen atoms in total. The molecule has 0 N–H and O–H groups in total. The number of halogens is 6. The second-order valence-electron chi connectivity index (χ2n) is 3.30. The summed E-state index contributed by atoms with van der Waals surface area (Å²) in [4.78, 5) is 28.8. The van der Waals surface area contributed by atoms with E-state index in [4.69, 9.17) is 0 Å². The summed E-state index contributed by atoms with van der Waals surface area (Å²) in [6.07, 6.45) is -5.68. The van der Waals surface area contributed by atoms with E-state index in [1.54, 1.807) is 0 Å². The molecule has 0 bridgehead atoms. The lowest BCUT2D eigenvalue weighted by molar-refractivity contribution is -0.217. The molecule has 19 heavy (non-hydrogen) atoms. The second-order valence-corrected chi connectivity index (χ2v) is 3.30. The third-order valence-electron chi connectivity index (χ3n) is 1.66. The Bertz CT molecular complexity index is 256. The summed E-state index contributed by atoms with van der Waals surface area (Å²) in [5.74, 6) is -3.68. The van der Waals surface area contributed by atoms with Gasteiger partial charge >= 0.3 is 18.1 Å². The first-order valence-electron chi connectivity index (χ1n) is 5.13. The molecule has 0 aliphatic heterocycles. The molecular weight excluding hydrogens is 282 g/mol. The van der Waals surface area contributed by atoms with Crippen molar-refractivity contribution in [3.63, 3.8) is 0 Å². The van der Waals surface area contributed by atoms with Crippen molar-refractivity contribution >= 4 is 18.4 Å². The molecule has 0 amide bonds. The third-order valence-corrected chi connectivity index (χ3v) is 1.66. The maximum Gasteiger partial charge on any atom is 0.459 e. The van der Waals surface area contributed by atoms with Crippen LogP contribution in [0.15, 0.2) is 0 Å². The number of unbranched alkanes of at least 4 members (excludes halogenated alkanes) is 4. The lowest BCUT2D eigenvalue weighted by Crippen LogP contribution is -2.36. The first-order chi connectivity index (χ1) is 8.57. The Kier molecular flexibility index (Phi) is 9.97. The molecule has 0 saturated carbocycles. The number of carbonyl (C=O) groups is 3.